The molecule has 0 aliphatic heterocycles. The summed E-state index contributed by atoms with van der Waals surface area (Å²) in [5.74, 6) is -0.425. The molecule has 1 amide bonds. The number of aryl methyl sites for hydroxylation is 1. The van der Waals surface area contributed by atoms with Gasteiger partial charge in [0.2, 0.25) is 5.91 Å². The van der Waals surface area contributed by atoms with Crippen molar-refractivity contribution >= 4 is 11.6 Å². The Balaban J connectivity index is 2.57. The maximum absolute atomic E-state index is 13.0. The van der Waals surface area contributed by atoms with Crippen molar-refractivity contribution in [1.29, 1.82) is 0 Å². The number of amides is 1. The molecule has 0 aliphatic carbocycles. The highest BCUT2D eigenvalue weighted by Gasteiger charge is 2.31. The molecule has 110 valence electrons. The van der Waals surface area contributed by atoms with E-state index in [9.17, 15) is 18.0 Å². The van der Waals surface area contributed by atoms with Gasteiger partial charge in [0, 0.05) is 24.5 Å². The van der Waals surface area contributed by atoms with Crippen LogP contribution in [0.3, 0.4) is 0 Å². The van der Waals surface area contributed by atoms with Gasteiger partial charge >= 0.3 is 6.18 Å². The summed E-state index contributed by atoms with van der Waals surface area (Å²) in [6, 6.07) is 6.79. The number of halogens is 3. The van der Waals surface area contributed by atoms with E-state index in [1.165, 1.54) is 19.2 Å². The van der Waals surface area contributed by atoms with Crippen molar-refractivity contribution in [3.05, 3.63) is 47.8 Å². The molecule has 1 heterocycles. The molecule has 0 spiro atoms. The Bertz CT molecular complexity index is 681. The van der Waals surface area contributed by atoms with Crippen molar-refractivity contribution in [3.8, 4) is 11.1 Å². The third kappa shape index (κ3) is 3.81. The second kappa shape index (κ2) is 5.55. The van der Waals surface area contributed by atoms with Gasteiger partial charge in [0.15, 0.2) is 0 Å². The number of anilines is 1. The number of rotatable bonds is 2. The largest absolute Gasteiger partial charge is 0.416 e. The minimum absolute atomic E-state index is 0.113. The van der Waals surface area contributed by atoms with E-state index in [1.54, 1.807) is 19.1 Å². The highest BCUT2D eigenvalue weighted by molar-refractivity contribution is 5.89. The van der Waals surface area contributed by atoms with Crippen molar-refractivity contribution in [2.75, 3.05) is 5.32 Å². The lowest BCUT2D eigenvalue weighted by Crippen LogP contribution is -2.10. The Morgan fingerprint density at radius 1 is 1.14 bits per heavy atom. The molecule has 21 heavy (non-hydrogen) atoms. The quantitative estimate of drug-likeness (QED) is 0.908. The number of aromatic nitrogens is 1. The molecule has 0 atom stereocenters. The Labute approximate surface area is 119 Å². The molecule has 0 bridgehead atoms. The summed E-state index contributed by atoms with van der Waals surface area (Å²) >= 11 is 0. The molecule has 2 aromatic rings. The lowest BCUT2D eigenvalue weighted by atomic mass is 10.0. The number of nitrogens with zero attached hydrogens (tertiary/aromatic N) is 1. The first-order chi connectivity index (χ1) is 9.75. The number of carbonyl (C=O) groups is 1. The van der Waals surface area contributed by atoms with E-state index in [0.29, 0.717) is 16.8 Å². The summed E-state index contributed by atoms with van der Waals surface area (Å²) in [6.45, 7) is 3.00. The van der Waals surface area contributed by atoms with E-state index in [4.69, 9.17) is 0 Å². The van der Waals surface area contributed by atoms with Gasteiger partial charge in [0.05, 0.1) is 5.56 Å². The fourth-order valence-electron chi connectivity index (χ4n) is 1.96. The lowest BCUT2D eigenvalue weighted by Gasteiger charge is -2.13. The standard InChI is InChI=1S/C15H13F3N2O/c1-9-5-11(3-4-19-9)12-6-13(15(16,17)18)8-14(7-12)20-10(2)21/h3-8H,1-2H3,(H,20,21). The maximum atomic E-state index is 13.0. The number of nitrogens with one attached hydrogen (secondary N) is 1. The Morgan fingerprint density at radius 3 is 2.43 bits per heavy atom. The highest BCUT2D eigenvalue weighted by atomic mass is 19.4. The number of hydrogen-bond acceptors (Lipinski definition) is 2. The van der Waals surface area contributed by atoms with Crippen LogP contribution in [-0.2, 0) is 11.0 Å². The van der Waals surface area contributed by atoms with E-state index >= 15 is 0 Å². The second-order valence-corrected chi connectivity index (χ2v) is 4.66. The Hall–Kier alpha value is -2.37. The summed E-state index contributed by atoms with van der Waals surface area (Å²) in [5.41, 5.74) is 0.991. The van der Waals surface area contributed by atoms with Gasteiger partial charge in [-0.3, -0.25) is 9.78 Å². The fourth-order valence-corrected chi connectivity index (χ4v) is 1.96. The molecule has 1 aromatic heterocycles. The second-order valence-electron chi connectivity index (χ2n) is 4.66. The maximum Gasteiger partial charge on any atom is 0.416 e. The summed E-state index contributed by atoms with van der Waals surface area (Å²) < 4.78 is 38.9. The lowest BCUT2D eigenvalue weighted by molar-refractivity contribution is -0.137. The van der Waals surface area contributed by atoms with Crippen molar-refractivity contribution in [3.63, 3.8) is 0 Å². The normalized spacial score (nSPS) is 11.3. The van der Waals surface area contributed by atoms with Crippen molar-refractivity contribution < 1.29 is 18.0 Å². The molecule has 0 saturated heterocycles. The number of benzene rings is 1. The Morgan fingerprint density at radius 2 is 1.86 bits per heavy atom. The topological polar surface area (TPSA) is 42.0 Å². The molecule has 0 radical (unpaired) electrons. The molecular weight excluding hydrogens is 281 g/mol. The van der Waals surface area contributed by atoms with Crippen LogP contribution in [0.2, 0.25) is 0 Å². The third-order valence-electron chi connectivity index (χ3n) is 2.81. The molecule has 6 heteroatoms. The van der Waals surface area contributed by atoms with Gasteiger partial charge in [-0.15, -0.1) is 0 Å². The molecule has 0 unspecified atom stereocenters. The molecule has 3 nitrogen and oxygen atoms in total. The zero-order valence-electron chi connectivity index (χ0n) is 11.5. The number of pyridine rings is 1. The SMILES string of the molecule is CC(=O)Nc1cc(-c2ccnc(C)c2)cc(C(F)(F)F)c1. The Kier molecular flexibility index (Phi) is 3.97. The molecule has 1 N–H and O–H groups in total. The number of carbonyl (C=O) groups excluding carboxylic acids is 1. The fraction of sp³-hybridized carbons (Fsp3) is 0.200. The average molecular weight is 294 g/mol. The number of hydrogen-bond donors (Lipinski definition) is 1. The summed E-state index contributed by atoms with van der Waals surface area (Å²) in [6.07, 6.45) is -2.95. The van der Waals surface area contributed by atoms with Gasteiger partial charge in [-0.1, -0.05) is 0 Å². The smallest absolute Gasteiger partial charge is 0.326 e. The van der Waals surface area contributed by atoms with E-state index in [2.05, 4.69) is 10.3 Å². The van der Waals surface area contributed by atoms with E-state index in [1.807, 2.05) is 0 Å². The van der Waals surface area contributed by atoms with Crippen molar-refractivity contribution in [2.45, 2.75) is 20.0 Å². The van der Waals surface area contributed by atoms with Crippen LogP contribution in [-0.4, -0.2) is 10.9 Å². The third-order valence-corrected chi connectivity index (χ3v) is 2.81. The molecule has 0 aliphatic rings. The van der Waals surface area contributed by atoms with Crippen LogP contribution in [0.25, 0.3) is 11.1 Å². The van der Waals surface area contributed by atoms with E-state index in [-0.39, 0.29) is 5.69 Å². The van der Waals surface area contributed by atoms with E-state index < -0.39 is 17.6 Å². The first kappa shape index (κ1) is 15.0. The predicted octanol–water partition coefficient (Wildman–Crippen LogP) is 4.03. The van der Waals surface area contributed by atoms with Crippen LogP contribution in [0.15, 0.2) is 36.5 Å². The van der Waals surface area contributed by atoms with Gasteiger partial charge in [-0.2, -0.15) is 13.2 Å². The average Bonchev–Trinajstić information content (AvgIpc) is 2.36. The molecule has 0 fully saturated rings. The van der Waals surface area contributed by atoms with Gasteiger partial charge in [-0.05, 0) is 48.4 Å². The van der Waals surface area contributed by atoms with Gasteiger partial charge < -0.3 is 5.32 Å². The number of alkyl halides is 3. The van der Waals surface area contributed by atoms with Crippen LogP contribution in [0, 0.1) is 6.92 Å². The molecule has 0 saturated carbocycles. The van der Waals surface area contributed by atoms with Crippen LogP contribution < -0.4 is 5.32 Å². The first-order valence-corrected chi connectivity index (χ1v) is 6.18. The van der Waals surface area contributed by atoms with Crippen LogP contribution in [0.4, 0.5) is 18.9 Å². The zero-order valence-corrected chi connectivity index (χ0v) is 11.5. The molecular formula is C15H13F3N2O. The van der Waals surface area contributed by atoms with Crippen LogP contribution >= 0.6 is 0 Å². The van der Waals surface area contributed by atoms with Gasteiger partial charge in [0.1, 0.15) is 0 Å². The first-order valence-electron chi connectivity index (χ1n) is 6.18. The minimum atomic E-state index is -4.48. The summed E-state index contributed by atoms with van der Waals surface area (Å²) in [4.78, 5) is 15.1. The molecule has 2 rings (SSSR count). The van der Waals surface area contributed by atoms with Crippen molar-refractivity contribution in [2.24, 2.45) is 0 Å². The van der Waals surface area contributed by atoms with Crippen molar-refractivity contribution in [1.82, 2.24) is 4.98 Å². The zero-order chi connectivity index (χ0) is 15.6. The summed E-state index contributed by atoms with van der Waals surface area (Å²) in [5, 5.41) is 2.39. The van der Waals surface area contributed by atoms with Crippen LogP contribution in [0.5, 0.6) is 0 Å². The summed E-state index contributed by atoms with van der Waals surface area (Å²) in [7, 11) is 0. The van der Waals surface area contributed by atoms with Gasteiger partial charge in [-0.25, -0.2) is 0 Å². The minimum Gasteiger partial charge on any atom is -0.326 e. The van der Waals surface area contributed by atoms with Crippen LogP contribution in [0.1, 0.15) is 18.2 Å². The van der Waals surface area contributed by atoms with E-state index in [0.717, 1.165) is 12.1 Å². The highest BCUT2D eigenvalue weighted by Crippen LogP contribution is 2.35. The van der Waals surface area contributed by atoms with Gasteiger partial charge in [0.25, 0.3) is 0 Å². The molecule has 1 aromatic carbocycles. The monoisotopic (exact) mass is 294 g/mol. The predicted molar refractivity (Wildman–Crippen MR) is 73.7 cm³/mol.